The van der Waals surface area contributed by atoms with Gasteiger partial charge in [-0.3, -0.25) is 4.79 Å². The van der Waals surface area contributed by atoms with Gasteiger partial charge in [-0.05, 0) is 25.5 Å². The highest BCUT2D eigenvalue weighted by Crippen LogP contribution is 2.04. The Morgan fingerprint density at radius 3 is 2.42 bits per heavy atom. The summed E-state index contributed by atoms with van der Waals surface area (Å²) in [5.74, 6) is -0.710. The van der Waals surface area contributed by atoms with Crippen LogP contribution in [0.15, 0.2) is 24.3 Å². The first kappa shape index (κ1) is 15.4. The second-order valence-electron chi connectivity index (χ2n) is 4.39. The number of esters is 1. The molecule has 104 valence electrons. The Kier molecular flexibility index (Phi) is 6.82. The molecule has 0 saturated carbocycles. The predicted molar refractivity (Wildman–Crippen MR) is 72.2 cm³/mol. The molecule has 4 heteroatoms. The van der Waals surface area contributed by atoms with E-state index in [4.69, 9.17) is 9.47 Å². The first-order valence-electron chi connectivity index (χ1n) is 6.46. The zero-order valence-corrected chi connectivity index (χ0v) is 11.5. The molecular weight excluding hydrogens is 244 g/mol. The zero-order valence-electron chi connectivity index (χ0n) is 11.5. The molecule has 0 bridgehead atoms. The van der Waals surface area contributed by atoms with Crippen molar-refractivity contribution in [2.75, 3.05) is 19.8 Å². The number of Topliss-reactive ketones (excluding diaryl/α,β-unsaturated/α-hetero) is 1. The van der Waals surface area contributed by atoms with E-state index in [1.54, 1.807) is 12.1 Å². The highest BCUT2D eigenvalue weighted by atomic mass is 16.5. The summed E-state index contributed by atoms with van der Waals surface area (Å²) in [6.45, 7) is 4.31. The van der Waals surface area contributed by atoms with E-state index >= 15 is 0 Å². The van der Waals surface area contributed by atoms with E-state index in [1.807, 2.05) is 19.1 Å². The number of benzene rings is 1. The molecule has 0 atom stereocenters. The summed E-state index contributed by atoms with van der Waals surface area (Å²) in [5.41, 5.74) is 1.52. The van der Waals surface area contributed by atoms with Crippen molar-refractivity contribution in [2.45, 2.75) is 26.7 Å². The molecule has 0 spiro atoms. The molecule has 0 aliphatic heterocycles. The molecule has 0 aliphatic carbocycles. The van der Waals surface area contributed by atoms with Crippen molar-refractivity contribution in [3.05, 3.63) is 35.4 Å². The third-order valence-corrected chi connectivity index (χ3v) is 2.56. The van der Waals surface area contributed by atoms with Crippen LogP contribution in [-0.4, -0.2) is 31.6 Å². The highest BCUT2D eigenvalue weighted by Gasteiger charge is 2.09. The summed E-state index contributed by atoms with van der Waals surface area (Å²) in [4.78, 5) is 23.0. The van der Waals surface area contributed by atoms with Gasteiger partial charge in [0.25, 0.3) is 0 Å². The number of carbonyl (C=O) groups is 2. The molecule has 1 rings (SSSR count). The molecule has 0 amide bonds. The molecule has 0 N–H and O–H groups in total. The Balaban J connectivity index is 2.26. The van der Waals surface area contributed by atoms with Crippen LogP contribution in [0.4, 0.5) is 0 Å². The predicted octanol–water partition coefficient (Wildman–Crippen LogP) is 2.54. The average Bonchev–Trinajstić information content (AvgIpc) is 2.42. The minimum atomic E-state index is -0.484. The molecule has 0 radical (unpaired) electrons. The average molecular weight is 264 g/mol. The lowest BCUT2D eigenvalue weighted by Gasteiger charge is -2.05. The minimum Gasteiger partial charge on any atom is -0.454 e. The molecule has 0 aromatic heterocycles. The van der Waals surface area contributed by atoms with Gasteiger partial charge in [0.05, 0.1) is 5.56 Å². The smallest absolute Gasteiger partial charge is 0.338 e. The van der Waals surface area contributed by atoms with E-state index in [2.05, 4.69) is 6.92 Å². The number of hydrogen-bond donors (Lipinski definition) is 0. The third kappa shape index (κ3) is 6.15. The van der Waals surface area contributed by atoms with E-state index in [-0.39, 0.29) is 19.0 Å². The molecule has 0 saturated heterocycles. The fourth-order valence-corrected chi connectivity index (χ4v) is 1.39. The van der Waals surface area contributed by atoms with Crippen molar-refractivity contribution in [1.29, 1.82) is 0 Å². The summed E-state index contributed by atoms with van der Waals surface area (Å²) in [7, 11) is 0. The quantitative estimate of drug-likeness (QED) is 0.535. The van der Waals surface area contributed by atoms with E-state index in [1.165, 1.54) is 0 Å². The molecule has 19 heavy (non-hydrogen) atoms. The second-order valence-corrected chi connectivity index (χ2v) is 4.39. The molecule has 1 aromatic carbocycles. The van der Waals surface area contributed by atoms with Crippen LogP contribution in [0.25, 0.3) is 0 Å². The number of ketones is 1. The van der Waals surface area contributed by atoms with Gasteiger partial charge in [-0.25, -0.2) is 4.79 Å². The standard InChI is InChI=1S/C15H20O4/c1-3-4-9-18-10-14(16)11-19-15(17)13-7-5-12(2)6-8-13/h5-8H,3-4,9-11H2,1-2H3. The first-order valence-corrected chi connectivity index (χ1v) is 6.46. The van der Waals surface area contributed by atoms with E-state index in [0.29, 0.717) is 12.2 Å². The highest BCUT2D eigenvalue weighted by molar-refractivity contribution is 5.91. The number of ether oxygens (including phenoxy) is 2. The van der Waals surface area contributed by atoms with Gasteiger partial charge in [-0.2, -0.15) is 0 Å². The maximum absolute atomic E-state index is 11.6. The van der Waals surface area contributed by atoms with Gasteiger partial charge in [0, 0.05) is 6.61 Å². The molecule has 4 nitrogen and oxygen atoms in total. The Morgan fingerprint density at radius 1 is 1.11 bits per heavy atom. The lowest BCUT2D eigenvalue weighted by molar-refractivity contribution is -0.126. The van der Waals surface area contributed by atoms with Crippen LogP contribution in [0.3, 0.4) is 0 Å². The van der Waals surface area contributed by atoms with E-state index in [0.717, 1.165) is 18.4 Å². The zero-order chi connectivity index (χ0) is 14.1. The fourth-order valence-electron chi connectivity index (χ4n) is 1.39. The Labute approximate surface area is 113 Å². The number of aryl methyl sites for hydroxylation is 1. The Hall–Kier alpha value is -1.68. The number of unbranched alkanes of at least 4 members (excludes halogenated alkanes) is 1. The SMILES string of the molecule is CCCCOCC(=O)COC(=O)c1ccc(C)cc1. The van der Waals surface area contributed by atoms with Crippen molar-refractivity contribution >= 4 is 11.8 Å². The Bertz CT molecular complexity index is 409. The third-order valence-electron chi connectivity index (χ3n) is 2.56. The summed E-state index contributed by atoms with van der Waals surface area (Å²) in [5, 5.41) is 0. The van der Waals surface area contributed by atoms with Crippen LogP contribution < -0.4 is 0 Å². The number of rotatable bonds is 8. The maximum Gasteiger partial charge on any atom is 0.338 e. The van der Waals surface area contributed by atoms with Crippen molar-refractivity contribution < 1.29 is 19.1 Å². The van der Waals surface area contributed by atoms with Crippen molar-refractivity contribution in [1.82, 2.24) is 0 Å². The monoisotopic (exact) mass is 264 g/mol. The van der Waals surface area contributed by atoms with Gasteiger partial charge in [0.2, 0.25) is 0 Å². The molecular formula is C15H20O4. The summed E-state index contributed by atoms with van der Waals surface area (Å²) < 4.78 is 10.1. The van der Waals surface area contributed by atoms with Crippen LogP contribution in [0, 0.1) is 6.92 Å². The topological polar surface area (TPSA) is 52.6 Å². The lowest BCUT2D eigenvalue weighted by atomic mass is 10.1. The van der Waals surface area contributed by atoms with Crippen LogP contribution in [0.5, 0.6) is 0 Å². The molecule has 1 aromatic rings. The van der Waals surface area contributed by atoms with E-state index in [9.17, 15) is 9.59 Å². The minimum absolute atomic E-state index is 0.00117. The fraction of sp³-hybridized carbons (Fsp3) is 0.467. The maximum atomic E-state index is 11.6. The molecule has 0 fully saturated rings. The normalized spacial score (nSPS) is 10.2. The first-order chi connectivity index (χ1) is 9.13. The lowest BCUT2D eigenvalue weighted by Crippen LogP contribution is -2.18. The summed E-state index contributed by atoms with van der Waals surface area (Å²) in [6, 6.07) is 7.01. The van der Waals surface area contributed by atoms with Crippen molar-refractivity contribution in [3.8, 4) is 0 Å². The van der Waals surface area contributed by atoms with Gasteiger partial charge < -0.3 is 9.47 Å². The van der Waals surface area contributed by atoms with E-state index < -0.39 is 5.97 Å². The van der Waals surface area contributed by atoms with Gasteiger partial charge >= 0.3 is 5.97 Å². The van der Waals surface area contributed by atoms with Gasteiger partial charge in [-0.1, -0.05) is 31.0 Å². The number of hydrogen-bond acceptors (Lipinski definition) is 4. The summed E-state index contributed by atoms with van der Waals surface area (Å²) >= 11 is 0. The summed E-state index contributed by atoms with van der Waals surface area (Å²) in [6.07, 6.45) is 1.95. The van der Waals surface area contributed by atoms with Crippen LogP contribution in [-0.2, 0) is 14.3 Å². The van der Waals surface area contributed by atoms with Crippen LogP contribution in [0.2, 0.25) is 0 Å². The van der Waals surface area contributed by atoms with Gasteiger partial charge in [0.1, 0.15) is 6.61 Å². The largest absolute Gasteiger partial charge is 0.454 e. The van der Waals surface area contributed by atoms with Gasteiger partial charge in [-0.15, -0.1) is 0 Å². The number of carbonyl (C=O) groups excluding carboxylic acids is 2. The van der Waals surface area contributed by atoms with Crippen molar-refractivity contribution in [2.24, 2.45) is 0 Å². The molecule has 0 heterocycles. The van der Waals surface area contributed by atoms with Crippen molar-refractivity contribution in [3.63, 3.8) is 0 Å². The van der Waals surface area contributed by atoms with Crippen LogP contribution >= 0.6 is 0 Å². The molecule has 0 aliphatic rings. The molecule has 0 unspecified atom stereocenters. The van der Waals surface area contributed by atoms with Gasteiger partial charge in [0.15, 0.2) is 12.4 Å². The Morgan fingerprint density at radius 2 is 1.79 bits per heavy atom. The van der Waals surface area contributed by atoms with Crippen LogP contribution in [0.1, 0.15) is 35.7 Å². The second kappa shape index (κ2) is 8.43.